The number of hydrogen-bond acceptors (Lipinski definition) is 3. The van der Waals surface area contributed by atoms with E-state index in [9.17, 15) is 14.0 Å². The lowest BCUT2D eigenvalue weighted by Gasteiger charge is -2.24. The van der Waals surface area contributed by atoms with E-state index in [0.29, 0.717) is 12.1 Å². The second kappa shape index (κ2) is 6.47. The molecule has 0 radical (unpaired) electrons. The Labute approximate surface area is 117 Å². The predicted octanol–water partition coefficient (Wildman–Crippen LogP) is 1.92. The zero-order valence-corrected chi connectivity index (χ0v) is 11.8. The number of rotatable bonds is 6. The van der Waals surface area contributed by atoms with Crippen LogP contribution in [-0.4, -0.2) is 29.1 Å². The summed E-state index contributed by atoms with van der Waals surface area (Å²) in [5.74, 6) is -1.88. The van der Waals surface area contributed by atoms with Crippen molar-refractivity contribution in [3.8, 4) is 0 Å². The van der Waals surface area contributed by atoms with E-state index in [1.807, 2.05) is 0 Å². The average molecular weight is 282 g/mol. The van der Waals surface area contributed by atoms with Gasteiger partial charge in [0, 0.05) is 5.69 Å². The molecule has 0 heterocycles. The molecule has 1 atom stereocenters. The molecule has 1 aromatic carbocycles. The Hall–Kier alpha value is -1.95. The van der Waals surface area contributed by atoms with Crippen molar-refractivity contribution in [2.75, 3.05) is 11.9 Å². The van der Waals surface area contributed by atoms with Gasteiger partial charge in [-0.05, 0) is 38.0 Å². The van der Waals surface area contributed by atoms with Crippen molar-refractivity contribution in [1.82, 2.24) is 5.32 Å². The molecule has 5 nitrogen and oxygen atoms in total. The van der Waals surface area contributed by atoms with Crippen LogP contribution in [0.2, 0.25) is 0 Å². The molecule has 20 heavy (non-hydrogen) atoms. The number of benzene rings is 1. The molecule has 0 aliphatic rings. The van der Waals surface area contributed by atoms with E-state index in [1.54, 1.807) is 19.9 Å². The van der Waals surface area contributed by atoms with Crippen molar-refractivity contribution in [3.63, 3.8) is 0 Å². The Kier molecular flexibility index (Phi) is 5.21. The smallest absolute Gasteiger partial charge is 0.323 e. The molecule has 1 unspecified atom stereocenters. The Morgan fingerprint density at radius 2 is 2.05 bits per heavy atom. The van der Waals surface area contributed by atoms with Gasteiger partial charge in [-0.25, -0.2) is 4.39 Å². The molecule has 0 fully saturated rings. The fourth-order valence-corrected chi connectivity index (χ4v) is 1.55. The number of hydrogen-bond donors (Lipinski definition) is 3. The lowest BCUT2D eigenvalue weighted by molar-refractivity contribution is -0.144. The van der Waals surface area contributed by atoms with Crippen LogP contribution in [0.25, 0.3) is 0 Å². The number of anilines is 1. The van der Waals surface area contributed by atoms with Crippen LogP contribution >= 0.6 is 0 Å². The summed E-state index contributed by atoms with van der Waals surface area (Å²) in [4.78, 5) is 22.9. The third kappa shape index (κ3) is 4.03. The maximum Gasteiger partial charge on any atom is 0.323 e. The molecule has 110 valence electrons. The first-order valence-corrected chi connectivity index (χ1v) is 6.33. The van der Waals surface area contributed by atoms with Gasteiger partial charge in [0.15, 0.2) is 0 Å². The molecule has 1 rings (SSSR count). The summed E-state index contributed by atoms with van der Waals surface area (Å²) < 4.78 is 13.1. The average Bonchev–Trinajstić information content (AvgIpc) is 2.40. The van der Waals surface area contributed by atoms with E-state index in [2.05, 4.69) is 10.6 Å². The number of carboxylic acid groups (broad SMARTS) is 1. The number of carbonyl (C=O) groups is 2. The molecule has 0 saturated heterocycles. The molecule has 1 aromatic rings. The number of carbonyl (C=O) groups excluding carboxylic acids is 1. The van der Waals surface area contributed by atoms with Gasteiger partial charge in [-0.2, -0.15) is 0 Å². The first-order valence-electron chi connectivity index (χ1n) is 6.33. The van der Waals surface area contributed by atoms with Crippen molar-refractivity contribution in [1.29, 1.82) is 0 Å². The van der Waals surface area contributed by atoms with Crippen molar-refractivity contribution in [2.24, 2.45) is 0 Å². The maximum atomic E-state index is 13.1. The van der Waals surface area contributed by atoms with Gasteiger partial charge >= 0.3 is 5.97 Å². The number of aliphatic carboxylic acids is 1. The van der Waals surface area contributed by atoms with Crippen molar-refractivity contribution < 1.29 is 19.1 Å². The van der Waals surface area contributed by atoms with E-state index in [1.165, 1.54) is 19.1 Å². The van der Waals surface area contributed by atoms with E-state index in [0.717, 1.165) is 5.56 Å². The van der Waals surface area contributed by atoms with Crippen LogP contribution in [0.1, 0.15) is 25.8 Å². The van der Waals surface area contributed by atoms with Gasteiger partial charge in [-0.3, -0.25) is 14.9 Å². The lowest BCUT2D eigenvalue weighted by Crippen LogP contribution is -2.51. The molecule has 0 aliphatic heterocycles. The summed E-state index contributed by atoms with van der Waals surface area (Å²) in [6, 6.07) is 4.09. The fourth-order valence-electron chi connectivity index (χ4n) is 1.55. The highest BCUT2D eigenvalue weighted by Gasteiger charge is 2.30. The van der Waals surface area contributed by atoms with E-state index >= 15 is 0 Å². The fraction of sp³-hybridized carbons (Fsp3) is 0.429. The van der Waals surface area contributed by atoms with Gasteiger partial charge in [0.2, 0.25) is 5.91 Å². The van der Waals surface area contributed by atoms with Crippen LogP contribution in [0.3, 0.4) is 0 Å². The summed E-state index contributed by atoms with van der Waals surface area (Å²) in [7, 11) is 0. The van der Waals surface area contributed by atoms with Crippen LogP contribution in [0.4, 0.5) is 10.1 Å². The van der Waals surface area contributed by atoms with Crippen molar-refractivity contribution in [2.45, 2.75) is 32.7 Å². The molecule has 0 aliphatic carbocycles. The molecule has 3 N–H and O–H groups in total. The van der Waals surface area contributed by atoms with Crippen molar-refractivity contribution >= 4 is 17.6 Å². The summed E-state index contributed by atoms with van der Waals surface area (Å²) >= 11 is 0. The molecule has 1 amide bonds. The van der Waals surface area contributed by atoms with Gasteiger partial charge < -0.3 is 10.4 Å². The van der Waals surface area contributed by atoms with Crippen LogP contribution in [0.5, 0.6) is 0 Å². The number of halogens is 1. The molecule has 0 saturated carbocycles. The van der Waals surface area contributed by atoms with Gasteiger partial charge in [-0.1, -0.05) is 13.0 Å². The van der Waals surface area contributed by atoms with Gasteiger partial charge in [0.05, 0.1) is 6.54 Å². The zero-order valence-electron chi connectivity index (χ0n) is 11.8. The van der Waals surface area contributed by atoms with Gasteiger partial charge in [-0.15, -0.1) is 0 Å². The van der Waals surface area contributed by atoms with Crippen LogP contribution in [-0.2, 0) is 9.59 Å². The summed E-state index contributed by atoms with van der Waals surface area (Å²) in [6.45, 7) is 4.81. The minimum atomic E-state index is -1.16. The summed E-state index contributed by atoms with van der Waals surface area (Å²) in [5.41, 5.74) is -0.0459. The Morgan fingerprint density at radius 1 is 1.40 bits per heavy atom. The molecule has 0 bridgehead atoms. The third-order valence-corrected chi connectivity index (χ3v) is 3.29. The normalized spacial score (nSPS) is 13.6. The first kappa shape index (κ1) is 16.1. The topological polar surface area (TPSA) is 78.4 Å². The maximum absolute atomic E-state index is 13.1. The molecule has 0 spiro atoms. The molecule has 0 aromatic heterocycles. The standard InChI is InChI=1S/C14H19FN2O3/c1-4-14(3,13(19)20)16-8-12(18)17-11-7-10(15)6-5-9(11)2/h5-7,16H,4,8H2,1-3H3,(H,17,18)(H,19,20). The summed E-state index contributed by atoms with van der Waals surface area (Å²) in [6.07, 6.45) is 0.342. The van der Waals surface area contributed by atoms with Crippen LogP contribution in [0, 0.1) is 12.7 Å². The van der Waals surface area contributed by atoms with Crippen LogP contribution < -0.4 is 10.6 Å². The minimum Gasteiger partial charge on any atom is -0.480 e. The number of carboxylic acids is 1. The lowest BCUT2D eigenvalue weighted by atomic mass is 9.99. The highest BCUT2D eigenvalue weighted by Crippen LogP contribution is 2.16. The van der Waals surface area contributed by atoms with Gasteiger partial charge in [0.1, 0.15) is 11.4 Å². The summed E-state index contributed by atoms with van der Waals surface area (Å²) in [5, 5.41) is 14.3. The highest BCUT2D eigenvalue weighted by molar-refractivity contribution is 5.93. The highest BCUT2D eigenvalue weighted by atomic mass is 19.1. The number of amides is 1. The van der Waals surface area contributed by atoms with Gasteiger partial charge in [0.25, 0.3) is 0 Å². The van der Waals surface area contributed by atoms with Crippen molar-refractivity contribution in [3.05, 3.63) is 29.6 Å². The predicted molar refractivity (Wildman–Crippen MR) is 74.1 cm³/mol. The van der Waals surface area contributed by atoms with Crippen LogP contribution in [0.15, 0.2) is 18.2 Å². The second-order valence-corrected chi connectivity index (χ2v) is 4.85. The quantitative estimate of drug-likeness (QED) is 0.745. The third-order valence-electron chi connectivity index (χ3n) is 3.29. The number of aryl methyl sites for hydroxylation is 1. The Morgan fingerprint density at radius 3 is 2.60 bits per heavy atom. The van der Waals surface area contributed by atoms with E-state index in [-0.39, 0.29) is 6.54 Å². The Balaban J connectivity index is 2.65. The second-order valence-electron chi connectivity index (χ2n) is 4.85. The monoisotopic (exact) mass is 282 g/mol. The molecular formula is C14H19FN2O3. The zero-order chi connectivity index (χ0) is 15.3. The molecule has 6 heteroatoms. The Bertz CT molecular complexity index is 519. The minimum absolute atomic E-state index is 0.160. The van der Waals surface area contributed by atoms with E-state index < -0.39 is 23.2 Å². The first-order chi connectivity index (χ1) is 9.28. The SMILES string of the molecule is CCC(C)(NCC(=O)Nc1cc(F)ccc1C)C(=O)O. The number of nitrogens with one attached hydrogen (secondary N) is 2. The molecular weight excluding hydrogens is 263 g/mol. The largest absolute Gasteiger partial charge is 0.480 e. The van der Waals surface area contributed by atoms with E-state index in [4.69, 9.17) is 5.11 Å².